The van der Waals surface area contributed by atoms with Crippen LogP contribution in [0, 0.1) is 6.92 Å². The third kappa shape index (κ3) is 7.99. The molecule has 0 atom stereocenters. The van der Waals surface area contributed by atoms with Crippen LogP contribution in [0.3, 0.4) is 0 Å². The summed E-state index contributed by atoms with van der Waals surface area (Å²) in [6.07, 6.45) is 5.05. The predicted molar refractivity (Wildman–Crippen MR) is 176 cm³/mol. The molecule has 1 aliphatic heterocycles. The molecule has 0 bridgehead atoms. The number of hydrogen-bond donors (Lipinski definition) is 2. The Morgan fingerprint density at radius 1 is 1.07 bits per heavy atom. The van der Waals surface area contributed by atoms with E-state index in [0.29, 0.717) is 56.3 Å². The number of carboxylic acids is 1. The minimum Gasteiger partial charge on any atom is -0.493 e. The van der Waals surface area contributed by atoms with Gasteiger partial charge in [-0.1, -0.05) is 47.5 Å². The number of nitrogens with one attached hydrogen (secondary N) is 1. The molecule has 3 aromatic carbocycles. The summed E-state index contributed by atoms with van der Waals surface area (Å²) < 4.78 is 13.8. The lowest BCUT2D eigenvalue weighted by atomic mass is 10.1. The number of amides is 2. The van der Waals surface area contributed by atoms with Crippen LogP contribution in [0.1, 0.15) is 47.2 Å². The molecule has 10 nitrogen and oxygen atoms in total. The predicted octanol–water partition coefficient (Wildman–Crippen LogP) is 6.39. The van der Waals surface area contributed by atoms with Crippen LogP contribution in [-0.2, 0) is 16.1 Å². The van der Waals surface area contributed by atoms with Gasteiger partial charge in [-0.2, -0.15) is 5.10 Å². The van der Waals surface area contributed by atoms with Crippen LogP contribution in [0.25, 0.3) is 11.1 Å². The van der Waals surface area contributed by atoms with Crippen LogP contribution < -0.4 is 19.7 Å². The summed E-state index contributed by atoms with van der Waals surface area (Å²) in [7, 11) is 0. The van der Waals surface area contributed by atoms with Crippen LogP contribution in [-0.4, -0.2) is 59.0 Å². The number of carbonyl (C=O) groups is 3. The number of fused-ring (bicyclic) bond motifs is 1. The molecule has 0 fully saturated rings. The largest absolute Gasteiger partial charge is 0.493 e. The molecule has 2 N–H and O–H groups in total. The quantitative estimate of drug-likeness (QED) is 0.168. The van der Waals surface area contributed by atoms with Crippen LogP contribution in [0.15, 0.2) is 67.0 Å². The Balaban J connectivity index is 1.24. The van der Waals surface area contributed by atoms with Gasteiger partial charge in [-0.05, 0) is 55.7 Å². The zero-order valence-corrected chi connectivity index (χ0v) is 26.8. The van der Waals surface area contributed by atoms with Gasteiger partial charge in [0.15, 0.2) is 5.75 Å². The molecular weight excluding hydrogens is 631 g/mol. The molecule has 1 aromatic heterocycles. The first-order valence-corrected chi connectivity index (χ1v) is 15.7. The summed E-state index contributed by atoms with van der Waals surface area (Å²) in [6.45, 7) is 3.75. The highest BCUT2D eigenvalue weighted by molar-refractivity contribution is 6.34. The summed E-state index contributed by atoms with van der Waals surface area (Å²) in [6, 6.07) is 16.4. The van der Waals surface area contributed by atoms with Crippen molar-refractivity contribution in [3.8, 4) is 22.6 Å². The minimum absolute atomic E-state index is 0.00176. The van der Waals surface area contributed by atoms with Crippen LogP contribution in [0.5, 0.6) is 11.5 Å². The Kier molecular flexibility index (Phi) is 10.8. The molecule has 12 heteroatoms. The Hall–Kier alpha value is -4.54. The Morgan fingerprint density at radius 2 is 1.89 bits per heavy atom. The van der Waals surface area contributed by atoms with Crippen molar-refractivity contribution in [2.45, 2.75) is 39.2 Å². The van der Waals surface area contributed by atoms with E-state index in [1.165, 1.54) is 0 Å². The normalized spacial score (nSPS) is 12.5. The number of para-hydroxylation sites is 1. The van der Waals surface area contributed by atoms with Crippen molar-refractivity contribution in [2.75, 3.05) is 31.2 Å². The smallest absolute Gasteiger partial charge is 0.305 e. The lowest BCUT2D eigenvalue weighted by Crippen LogP contribution is -2.31. The summed E-state index contributed by atoms with van der Waals surface area (Å²) in [5.41, 5.74) is 4.36. The highest BCUT2D eigenvalue weighted by atomic mass is 35.5. The summed E-state index contributed by atoms with van der Waals surface area (Å²) in [5.74, 6) is -0.0674. The summed E-state index contributed by atoms with van der Waals surface area (Å²) in [5, 5.41) is 16.8. The molecule has 0 saturated heterocycles. The van der Waals surface area contributed by atoms with Crippen LogP contribution in [0.2, 0.25) is 10.0 Å². The topological polar surface area (TPSA) is 123 Å². The number of aromatic nitrogens is 2. The molecule has 2 heterocycles. The maximum Gasteiger partial charge on any atom is 0.305 e. The second-order valence-corrected chi connectivity index (χ2v) is 11.7. The van der Waals surface area contributed by atoms with Gasteiger partial charge in [-0.3, -0.25) is 19.1 Å². The van der Waals surface area contributed by atoms with E-state index in [2.05, 4.69) is 10.4 Å². The van der Waals surface area contributed by atoms with Gasteiger partial charge in [0.2, 0.25) is 5.91 Å². The molecule has 0 radical (unpaired) electrons. The molecule has 46 heavy (non-hydrogen) atoms. The van der Waals surface area contributed by atoms with Crippen LogP contribution in [0.4, 0.5) is 5.69 Å². The van der Waals surface area contributed by atoms with E-state index < -0.39 is 11.9 Å². The Labute approximate surface area is 276 Å². The first kappa shape index (κ1) is 32.8. The standard InChI is InChI=1S/C34H34Cl2N4O6/c1-22-27(35)7-3-9-30(22)45-16-4-10-31(41)40-15-5-17-46-33-25(6-2-8-29(33)40)24-19-38-39(21-24)20-23-11-12-26(28(36)18-23)34(44)37-14-13-32(42)43/h2-3,6-9,11-12,18-19,21H,4-5,10,13-17,20H2,1H3,(H,37,44)(H,42,43). The fourth-order valence-corrected chi connectivity index (χ4v) is 5.63. The van der Waals surface area contributed by atoms with Gasteiger partial charge in [0.1, 0.15) is 5.75 Å². The van der Waals surface area contributed by atoms with Crippen molar-refractivity contribution >= 4 is 46.7 Å². The van der Waals surface area contributed by atoms with Crippen molar-refractivity contribution in [3.05, 3.63) is 93.7 Å². The molecular formula is C34H34Cl2N4O6. The highest BCUT2D eigenvalue weighted by Crippen LogP contribution is 2.40. The van der Waals surface area contributed by atoms with Gasteiger partial charge in [0.25, 0.3) is 5.91 Å². The number of anilines is 1. The number of hydrogen-bond acceptors (Lipinski definition) is 6. The molecule has 2 amide bonds. The lowest BCUT2D eigenvalue weighted by molar-refractivity contribution is -0.136. The van der Waals surface area contributed by atoms with Gasteiger partial charge >= 0.3 is 5.97 Å². The first-order chi connectivity index (χ1) is 22.2. The Bertz CT molecular complexity index is 1740. The van der Waals surface area contributed by atoms with Gasteiger partial charge < -0.3 is 24.8 Å². The van der Waals surface area contributed by atoms with Gasteiger partial charge in [0, 0.05) is 47.4 Å². The van der Waals surface area contributed by atoms with E-state index in [1.807, 2.05) is 49.5 Å². The van der Waals surface area contributed by atoms with E-state index in [-0.39, 0.29) is 29.5 Å². The molecule has 1 aliphatic rings. The fourth-order valence-electron chi connectivity index (χ4n) is 5.17. The van der Waals surface area contributed by atoms with Gasteiger partial charge in [-0.15, -0.1) is 0 Å². The third-order valence-electron chi connectivity index (χ3n) is 7.56. The van der Waals surface area contributed by atoms with Gasteiger partial charge in [0.05, 0.1) is 48.6 Å². The van der Waals surface area contributed by atoms with Crippen molar-refractivity contribution < 1.29 is 29.0 Å². The van der Waals surface area contributed by atoms with E-state index in [4.69, 9.17) is 37.8 Å². The second-order valence-electron chi connectivity index (χ2n) is 10.9. The van der Waals surface area contributed by atoms with Crippen molar-refractivity contribution in [1.82, 2.24) is 15.1 Å². The van der Waals surface area contributed by atoms with Crippen molar-refractivity contribution in [2.24, 2.45) is 0 Å². The van der Waals surface area contributed by atoms with Crippen LogP contribution >= 0.6 is 23.2 Å². The molecule has 240 valence electrons. The zero-order chi connectivity index (χ0) is 32.6. The summed E-state index contributed by atoms with van der Waals surface area (Å²) >= 11 is 12.6. The van der Waals surface area contributed by atoms with Gasteiger partial charge in [-0.25, -0.2) is 0 Å². The SMILES string of the molecule is Cc1c(Cl)cccc1OCCCC(=O)N1CCCOc2c(-c3cnn(Cc4ccc(C(=O)NCCC(=O)O)c(Cl)c4)c3)cccc21. The second kappa shape index (κ2) is 15.2. The number of ether oxygens (including phenoxy) is 2. The van der Waals surface area contributed by atoms with Crippen molar-refractivity contribution in [3.63, 3.8) is 0 Å². The number of aliphatic carboxylic acids is 1. The summed E-state index contributed by atoms with van der Waals surface area (Å²) in [4.78, 5) is 38.3. The molecule has 0 aliphatic carbocycles. The molecule has 4 aromatic rings. The third-order valence-corrected chi connectivity index (χ3v) is 8.28. The maximum absolute atomic E-state index is 13.4. The molecule has 5 rings (SSSR count). The molecule has 0 spiro atoms. The monoisotopic (exact) mass is 664 g/mol. The lowest BCUT2D eigenvalue weighted by Gasteiger charge is -2.23. The number of halogens is 2. The van der Waals surface area contributed by atoms with E-state index in [0.717, 1.165) is 33.7 Å². The maximum atomic E-state index is 13.4. The average Bonchev–Trinajstić information content (AvgIpc) is 3.37. The fraction of sp³-hybridized carbons (Fsp3) is 0.294. The highest BCUT2D eigenvalue weighted by Gasteiger charge is 2.25. The average molecular weight is 666 g/mol. The molecule has 0 unspecified atom stereocenters. The number of carboxylic acid groups (broad SMARTS) is 1. The number of benzene rings is 3. The zero-order valence-electron chi connectivity index (χ0n) is 25.3. The minimum atomic E-state index is -0.994. The number of carbonyl (C=O) groups excluding carboxylic acids is 2. The van der Waals surface area contributed by atoms with Crippen molar-refractivity contribution in [1.29, 1.82) is 0 Å². The van der Waals surface area contributed by atoms with E-state index in [9.17, 15) is 14.4 Å². The van der Waals surface area contributed by atoms with E-state index in [1.54, 1.807) is 34.0 Å². The van der Waals surface area contributed by atoms with E-state index >= 15 is 0 Å². The number of rotatable bonds is 12. The molecule has 0 saturated carbocycles. The Morgan fingerprint density at radius 3 is 2.70 bits per heavy atom. The number of nitrogens with zero attached hydrogens (tertiary/aromatic N) is 3. The first-order valence-electron chi connectivity index (χ1n) is 15.0.